The van der Waals surface area contributed by atoms with Gasteiger partial charge in [0.25, 0.3) is 5.91 Å². The second kappa shape index (κ2) is 8.76. The molecule has 4 rings (SSSR count). The van der Waals surface area contributed by atoms with Crippen LogP contribution in [0.4, 0.5) is 17.1 Å². The van der Waals surface area contributed by atoms with Crippen molar-refractivity contribution in [2.75, 3.05) is 36.9 Å². The third kappa shape index (κ3) is 4.18. The number of carbonyl (C=O) groups is 2. The molecule has 2 aliphatic heterocycles. The molecule has 0 aromatic heterocycles. The minimum absolute atomic E-state index is 0.0214. The number of hydrogen-bond acceptors (Lipinski definition) is 4. The maximum atomic E-state index is 13.2. The summed E-state index contributed by atoms with van der Waals surface area (Å²) in [6.07, 6.45) is 4.02. The molecule has 2 amide bonds. The molecular weight excluding hydrogens is 364 g/mol. The van der Waals surface area contributed by atoms with Crippen LogP contribution in [0.2, 0.25) is 0 Å². The van der Waals surface area contributed by atoms with Crippen molar-refractivity contribution in [3.63, 3.8) is 0 Å². The maximum absolute atomic E-state index is 13.2. The largest absolute Gasteiger partial charge is 0.320 e. The summed E-state index contributed by atoms with van der Waals surface area (Å²) in [5.74, 6) is -0.214. The van der Waals surface area contributed by atoms with Gasteiger partial charge in [-0.2, -0.15) is 0 Å². The van der Waals surface area contributed by atoms with Gasteiger partial charge in [0.2, 0.25) is 5.91 Å². The number of rotatable bonds is 6. The van der Waals surface area contributed by atoms with E-state index < -0.39 is 0 Å². The highest BCUT2D eigenvalue weighted by Crippen LogP contribution is 2.37. The maximum Gasteiger partial charge on any atom is 0.257 e. The summed E-state index contributed by atoms with van der Waals surface area (Å²) in [7, 11) is 2.19. The zero-order valence-electron chi connectivity index (χ0n) is 16.9. The Morgan fingerprint density at radius 3 is 2.66 bits per heavy atom. The molecule has 6 heteroatoms. The fraction of sp³-hybridized carbons (Fsp3) is 0.391. The number of nitrogens with zero attached hydrogens (tertiary/aromatic N) is 2. The first kappa shape index (κ1) is 19.6. The Kier molecular flexibility index (Phi) is 5.92. The van der Waals surface area contributed by atoms with E-state index in [-0.39, 0.29) is 11.8 Å². The lowest BCUT2D eigenvalue weighted by atomic mass is 10.1. The Bertz CT molecular complexity index is 898. The lowest BCUT2D eigenvalue weighted by Gasteiger charge is -2.24. The third-order valence-electron chi connectivity index (χ3n) is 5.87. The molecular formula is C23H28N4O2. The second-order valence-corrected chi connectivity index (χ2v) is 7.78. The predicted octanol–water partition coefficient (Wildman–Crippen LogP) is 3.38. The van der Waals surface area contributed by atoms with Gasteiger partial charge in [0.05, 0.1) is 22.6 Å². The normalized spacial score (nSPS) is 18.7. The average molecular weight is 393 g/mol. The van der Waals surface area contributed by atoms with E-state index in [2.05, 4.69) is 22.6 Å². The molecule has 2 aliphatic rings. The number of para-hydroxylation sites is 3. The Balaban J connectivity index is 1.44. The SMILES string of the molecule is CN1CCCC1CCNCCC(=O)N1c2ccccc2NC(=O)c2ccccc21. The Morgan fingerprint density at radius 1 is 1.10 bits per heavy atom. The van der Waals surface area contributed by atoms with Crippen molar-refractivity contribution in [2.45, 2.75) is 31.7 Å². The summed E-state index contributed by atoms with van der Waals surface area (Å²) in [5, 5.41) is 6.34. The van der Waals surface area contributed by atoms with Crippen molar-refractivity contribution < 1.29 is 9.59 Å². The topological polar surface area (TPSA) is 64.7 Å². The van der Waals surface area contributed by atoms with Gasteiger partial charge >= 0.3 is 0 Å². The van der Waals surface area contributed by atoms with Crippen molar-refractivity contribution in [3.05, 3.63) is 54.1 Å². The van der Waals surface area contributed by atoms with Gasteiger partial charge in [0.1, 0.15) is 0 Å². The quantitative estimate of drug-likeness (QED) is 0.740. The van der Waals surface area contributed by atoms with Crippen LogP contribution in [0.1, 0.15) is 36.0 Å². The highest BCUT2D eigenvalue weighted by molar-refractivity contribution is 6.17. The molecule has 2 aromatic rings. The highest BCUT2D eigenvalue weighted by Gasteiger charge is 2.28. The monoisotopic (exact) mass is 392 g/mol. The van der Waals surface area contributed by atoms with E-state index in [0.29, 0.717) is 41.6 Å². The van der Waals surface area contributed by atoms with Crippen molar-refractivity contribution >= 4 is 28.9 Å². The van der Waals surface area contributed by atoms with E-state index >= 15 is 0 Å². The molecule has 1 atom stereocenters. The number of carbonyl (C=O) groups excluding carboxylic acids is 2. The average Bonchev–Trinajstić information content (AvgIpc) is 3.08. The number of anilines is 3. The molecule has 152 valence electrons. The third-order valence-corrected chi connectivity index (χ3v) is 5.87. The van der Waals surface area contributed by atoms with Gasteiger partial charge in [-0.05, 0) is 63.7 Å². The number of nitrogens with one attached hydrogen (secondary N) is 2. The second-order valence-electron chi connectivity index (χ2n) is 7.78. The molecule has 0 spiro atoms. The number of likely N-dealkylation sites (tertiary alicyclic amines) is 1. The first-order valence-corrected chi connectivity index (χ1v) is 10.4. The summed E-state index contributed by atoms with van der Waals surface area (Å²) in [4.78, 5) is 29.9. The van der Waals surface area contributed by atoms with E-state index in [9.17, 15) is 9.59 Å². The van der Waals surface area contributed by atoms with Gasteiger partial charge in [-0.15, -0.1) is 0 Å². The highest BCUT2D eigenvalue weighted by atomic mass is 16.2. The predicted molar refractivity (Wildman–Crippen MR) is 116 cm³/mol. The Morgan fingerprint density at radius 2 is 1.86 bits per heavy atom. The fourth-order valence-electron chi connectivity index (χ4n) is 4.27. The van der Waals surface area contributed by atoms with Crippen LogP contribution in [-0.4, -0.2) is 49.4 Å². The number of fused-ring (bicyclic) bond motifs is 2. The summed E-state index contributed by atoms with van der Waals surface area (Å²) >= 11 is 0. The molecule has 0 aliphatic carbocycles. The van der Waals surface area contributed by atoms with Gasteiger partial charge in [0.15, 0.2) is 0 Å². The Labute approximate surface area is 171 Å². The van der Waals surface area contributed by atoms with E-state index in [0.717, 1.165) is 13.0 Å². The van der Waals surface area contributed by atoms with Crippen LogP contribution in [-0.2, 0) is 4.79 Å². The van der Waals surface area contributed by atoms with Gasteiger partial charge in [-0.25, -0.2) is 0 Å². The van der Waals surface area contributed by atoms with Gasteiger partial charge in [0, 0.05) is 19.0 Å². The summed E-state index contributed by atoms with van der Waals surface area (Å²) in [6.45, 7) is 2.72. The molecule has 0 radical (unpaired) electrons. The lowest BCUT2D eigenvalue weighted by Crippen LogP contribution is -2.32. The number of amides is 2. The summed E-state index contributed by atoms with van der Waals surface area (Å²) < 4.78 is 0. The Hall–Kier alpha value is -2.70. The van der Waals surface area contributed by atoms with E-state index in [4.69, 9.17) is 0 Å². The van der Waals surface area contributed by atoms with Crippen LogP contribution in [0.25, 0.3) is 0 Å². The molecule has 0 saturated carbocycles. The molecule has 1 saturated heterocycles. The lowest BCUT2D eigenvalue weighted by molar-refractivity contribution is -0.117. The summed E-state index contributed by atoms with van der Waals surface area (Å²) in [5.41, 5.74) is 2.50. The van der Waals surface area contributed by atoms with Crippen molar-refractivity contribution in [1.29, 1.82) is 0 Å². The van der Waals surface area contributed by atoms with Crippen molar-refractivity contribution in [1.82, 2.24) is 10.2 Å². The fourth-order valence-corrected chi connectivity index (χ4v) is 4.27. The smallest absolute Gasteiger partial charge is 0.257 e. The molecule has 2 aromatic carbocycles. The van der Waals surface area contributed by atoms with Crippen LogP contribution in [0.5, 0.6) is 0 Å². The van der Waals surface area contributed by atoms with Crippen LogP contribution in [0.3, 0.4) is 0 Å². The van der Waals surface area contributed by atoms with Gasteiger partial charge < -0.3 is 15.5 Å². The molecule has 6 nitrogen and oxygen atoms in total. The van der Waals surface area contributed by atoms with Crippen molar-refractivity contribution in [2.24, 2.45) is 0 Å². The molecule has 29 heavy (non-hydrogen) atoms. The molecule has 0 bridgehead atoms. The van der Waals surface area contributed by atoms with Gasteiger partial charge in [-0.3, -0.25) is 14.5 Å². The minimum atomic E-state index is -0.192. The first-order valence-electron chi connectivity index (χ1n) is 10.4. The standard InChI is InChI=1S/C23H28N4O2/c1-26-16-6-7-17(26)12-14-24-15-13-22(28)27-20-10-4-2-8-18(20)23(29)25-19-9-3-5-11-21(19)27/h2-5,8-11,17,24H,6-7,12-16H2,1H3,(H,25,29). The zero-order chi connectivity index (χ0) is 20.2. The summed E-state index contributed by atoms with van der Waals surface area (Å²) in [6, 6.07) is 15.4. The minimum Gasteiger partial charge on any atom is -0.320 e. The van der Waals surface area contributed by atoms with E-state index in [1.165, 1.54) is 19.4 Å². The van der Waals surface area contributed by atoms with Crippen LogP contribution >= 0.6 is 0 Å². The van der Waals surface area contributed by atoms with Crippen LogP contribution in [0.15, 0.2) is 48.5 Å². The molecule has 1 unspecified atom stereocenters. The van der Waals surface area contributed by atoms with Crippen molar-refractivity contribution in [3.8, 4) is 0 Å². The van der Waals surface area contributed by atoms with Crippen LogP contribution < -0.4 is 15.5 Å². The number of hydrogen-bond donors (Lipinski definition) is 2. The zero-order valence-corrected chi connectivity index (χ0v) is 16.9. The molecule has 2 heterocycles. The van der Waals surface area contributed by atoms with E-state index in [1.807, 2.05) is 42.5 Å². The van der Waals surface area contributed by atoms with Gasteiger partial charge in [-0.1, -0.05) is 24.3 Å². The van der Waals surface area contributed by atoms with E-state index in [1.54, 1.807) is 11.0 Å². The van der Waals surface area contributed by atoms with Crippen LogP contribution in [0, 0.1) is 0 Å². The molecule has 1 fully saturated rings. The number of benzene rings is 2. The molecule has 2 N–H and O–H groups in total. The first-order chi connectivity index (χ1) is 14.1.